The minimum absolute atomic E-state index is 0.0543. The third-order valence-corrected chi connectivity index (χ3v) is 6.03. The van der Waals surface area contributed by atoms with E-state index in [1.807, 2.05) is 0 Å². The highest BCUT2D eigenvalue weighted by Crippen LogP contribution is 2.37. The Morgan fingerprint density at radius 2 is 2.14 bits per heavy atom. The van der Waals surface area contributed by atoms with E-state index in [-0.39, 0.29) is 29.6 Å². The molecular formula is C24H19BrClFN6O2. The van der Waals surface area contributed by atoms with Gasteiger partial charge in [0.2, 0.25) is 0 Å². The normalized spacial score (nSPS) is 10.9. The highest BCUT2D eigenvalue weighted by molar-refractivity contribution is 9.10. The number of pyridine rings is 1. The molecule has 178 valence electrons. The van der Waals surface area contributed by atoms with Gasteiger partial charge in [-0.3, -0.25) is 0 Å². The molecule has 0 radical (unpaired) electrons. The van der Waals surface area contributed by atoms with Gasteiger partial charge in [-0.1, -0.05) is 17.7 Å². The molecule has 0 atom stereocenters. The van der Waals surface area contributed by atoms with E-state index in [1.165, 1.54) is 27.8 Å². The van der Waals surface area contributed by atoms with Crippen molar-refractivity contribution < 1.29 is 13.9 Å². The molecule has 0 aliphatic heterocycles. The lowest BCUT2D eigenvalue weighted by atomic mass is 10.1. The van der Waals surface area contributed by atoms with Crippen LogP contribution in [0.4, 0.5) is 14.9 Å². The van der Waals surface area contributed by atoms with Crippen LogP contribution in [0, 0.1) is 12.4 Å². The molecule has 0 aliphatic rings. The molecule has 0 saturated carbocycles. The monoisotopic (exact) mass is 556 g/mol. The van der Waals surface area contributed by atoms with Crippen LogP contribution in [0.2, 0.25) is 5.02 Å². The molecule has 0 aliphatic carbocycles. The smallest absolute Gasteiger partial charge is 0.346 e. The number of nitrogens with two attached hydrogens (primary N) is 1. The van der Waals surface area contributed by atoms with Crippen LogP contribution in [0.1, 0.15) is 11.3 Å². The minimum atomic E-state index is -0.609. The number of hydrogen-bond donors (Lipinski definition) is 1. The molecule has 4 aromatic rings. The predicted octanol–water partition coefficient (Wildman–Crippen LogP) is 5.78. The largest absolute Gasteiger partial charge is 0.454 e. The van der Waals surface area contributed by atoms with Crippen molar-refractivity contribution in [3.8, 4) is 11.5 Å². The summed E-state index contributed by atoms with van der Waals surface area (Å²) in [5.41, 5.74) is 6.99. The zero-order chi connectivity index (χ0) is 25.1. The molecule has 4 rings (SSSR count). The first-order valence-electron chi connectivity index (χ1n) is 10.4. The van der Waals surface area contributed by atoms with Crippen LogP contribution in [-0.4, -0.2) is 45.8 Å². The fourth-order valence-corrected chi connectivity index (χ4v) is 4.11. The summed E-state index contributed by atoms with van der Waals surface area (Å²) >= 11 is 9.38. The van der Waals surface area contributed by atoms with Gasteiger partial charge in [0, 0.05) is 43.2 Å². The lowest BCUT2D eigenvalue weighted by Gasteiger charge is -2.15. The summed E-state index contributed by atoms with van der Waals surface area (Å²) in [4.78, 5) is 22.0. The van der Waals surface area contributed by atoms with E-state index in [1.54, 1.807) is 37.5 Å². The first-order chi connectivity index (χ1) is 16.8. The molecule has 2 aromatic heterocycles. The van der Waals surface area contributed by atoms with E-state index in [2.05, 4.69) is 30.9 Å². The topological polar surface area (TPSA) is 90.6 Å². The number of aromatic nitrogens is 3. The van der Waals surface area contributed by atoms with Crippen molar-refractivity contribution in [1.29, 1.82) is 0 Å². The molecular weight excluding hydrogens is 539 g/mol. The van der Waals surface area contributed by atoms with Crippen LogP contribution < -0.4 is 10.5 Å². The molecule has 0 bridgehead atoms. The molecule has 0 spiro atoms. The van der Waals surface area contributed by atoms with Crippen LogP contribution in [0.25, 0.3) is 15.9 Å². The van der Waals surface area contributed by atoms with Crippen molar-refractivity contribution in [2.45, 2.75) is 6.42 Å². The second kappa shape index (κ2) is 10.4. The highest BCUT2D eigenvalue weighted by atomic mass is 79.9. The summed E-state index contributed by atoms with van der Waals surface area (Å²) in [5, 5.41) is 5.38. The molecule has 0 unspecified atom stereocenters. The van der Waals surface area contributed by atoms with E-state index >= 15 is 4.39 Å². The zero-order valence-corrected chi connectivity index (χ0v) is 20.8. The zero-order valence-electron chi connectivity index (χ0n) is 18.5. The second-order valence-electron chi connectivity index (χ2n) is 7.61. The Morgan fingerprint density at radius 3 is 2.89 bits per heavy atom. The predicted molar refractivity (Wildman–Crippen MR) is 135 cm³/mol. The molecule has 2 heterocycles. The van der Waals surface area contributed by atoms with Gasteiger partial charge in [0.1, 0.15) is 5.75 Å². The van der Waals surface area contributed by atoms with E-state index in [0.29, 0.717) is 44.9 Å². The van der Waals surface area contributed by atoms with E-state index < -0.39 is 5.82 Å². The highest BCUT2D eigenvalue weighted by Gasteiger charge is 2.22. The molecule has 2 N–H and O–H groups in total. The molecule has 35 heavy (non-hydrogen) atoms. The lowest BCUT2D eigenvalue weighted by molar-refractivity contribution is 0.209. The molecule has 0 saturated heterocycles. The molecule has 0 fully saturated rings. The van der Waals surface area contributed by atoms with E-state index in [9.17, 15) is 4.79 Å². The second-order valence-corrected chi connectivity index (χ2v) is 8.90. The summed E-state index contributed by atoms with van der Waals surface area (Å²) in [6.45, 7) is 7.84. The van der Waals surface area contributed by atoms with E-state index in [4.69, 9.17) is 28.6 Å². The maximum absolute atomic E-state index is 15.6. The number of carbonyl (C=O) groups excluding carboxylic acids is 1. The Hall–Kier alpha value is -3.52. The summed E-state index contributed by atoms with van der Waals surface area (Å²) in [5.74, 6) is -0.434. The number of amides is 1. The number of halogens is 3. The first-order valence-corrected chi connectivity index (χ1v) is 11.6. The molecule has 8 nitrogen and oxygen atoms in total. The Labute approximate surface area is 214 Å². The maximum atomic E-state index is 15.6. The van der Waals surface area contributed by atoms with Crippen molar-refractivity contribution in [1.82, 2.24) is 19.7 Å². The van der Waals surface area contributed by atoms with Gasteiger partial charge >= 0.3 is 6.03 Å². The molecule has 11 heteroatoms. The Morgan fingerprint density at radius 1 is 1.34 bits per heavy atom. The van der Waals surface area contributed by atoms with Crippen LogP contribution in [0.15, 0.2) is 53.1 Å². The average molecular weight is 558 g/mol. The third-order valence-electron chi connectivity index (χ3n) is 5.18. The summed E-state index contributed by atoms with van der Waals surface area (Å²) in [7, 11) is 1.62. The fourth-order valence-electron chi connectivity index (χ4n) is 3.50. The van der Waals surface area contributed by atoms with Gasteiger partial charge in [-0.25, -0.2) is 19.0 Å². The SMILES string of the molecule is [C-]#[N+]c1cc(Cl)cc(Oc2c(Br)ccc(Cc3nn(C(=O)N(C)CCN)c4ncccc34)c2F)c1. The Balaban J connectivity index is 1.72. The Bertz CT molecular complexity index is 1470. The summed E-state index contributed by atoms with van der Waals surface area (Å²) in [6.07, 6.45) is 1.65. The van der Waals surface area contributed by atoms with Gasteiger partial charge in [-0.2, -0.15) is 9.78 Å². The molecule has 2 aromatic carbocycles. The molecule has 1 amide bonds. The van der Waals surface area contributed by atoms with Crippen molar-refractivity contribution in [3.05, 3.63) is 86.6 Å². The van der Waals surface area contributed by atoms with E-state index in [0.717, 1.165) is 0 Å². The first kappa shape index (κ1) is 24.6. The van der Waals surface area contributed by atoms with Gasteiger partial charge in [-0.05, 0) is 57.9 Å². The summed E-state index contributed by atoms with van der Waals surface area (Å²) in [6, 6.07) is 10.9. The van der Waals surface area contributed by atoms with Gasteiger partial charge in [-0.15, -0.1) is 0 Å². The third kappa shape index (κ3) is 5.12. The number of fused-ring (bicyclic) bond motifs is 1. The van der Waals surface area contributed by atoms with Gasteiger partial charge < -0.3 is 15.4 Å². The van der Waals surface area contributed by atoms with Crippen LogP contribution in [-0.2, 0) is 6.42 Å². The van der Waals surface area contributed by atoms with Crippen molar-refractivity contribution in [2.75, 3.05) is 20.1 Å². The van der Waals surface area contributed by atoms with Crippen LogP contribution in [0.5, 0.6) is 11.5 Å². The quantitative estimate of drug-likeness (QED) is 0.304. The van der Waals surface area contributed by atoms with Gasteiger partial charge in [0.25, 0.3) is 0 Å². The summed E-state index contributed by atoms with van der Waals surface area (Å²) < 4.78 is 23.0. The number of rotatable bonds is 6. The fraction of sp³-hybridized carbons (Fsp3) is 0.167. The van der Waals surface area contributed by atoms with Crippen molar-refractivity contribution in [2.24, 2.45) is 5.73 Å². The number of ether oxygens (including phenoxy) is 1. The van der Waals surface area contributed by atoms with Crippen LogP contribution >= 0.6 is 27.5 Å². The number of benzene rings is 2. The maximum Gasteiger partial charge on any atom is 0.346 e. The lowest BCUT2D eigenvalue weighted by Crippen LogP contribution is -2.35. The van der Waals surface area contributed by atoms with Crippen LogP contribution in [0.3, 0.4) is 0 Å². The number of hydrogen-bond acceptors (Lipinski definition) is 5. The average Bonchev–Trinajstić information content (AvgIpc) is 3.21. The number of carbonyl (C=O) groups is 1. The van der Waals surface area contributed by atoms with Crippen molar-refractivity contribution >= 4 is 50.3 Å². The van der Waals surface area contributed by atoms with Crippen molar-refractivity contribution in [3.63, 3.8) is 0 Å². The van der Waals surface area contributed by atoms with Gasteiger partial charge in [0.05, 0.1) is 16.7 Å². The number of likely N-dealkylation sites (N-methyl/N-ethyl adjacent to an activating group) is 1. The Kier molecular flexibility index (Phi) is 7.31. The van der Waals surface area contributed by atoms with Gasteiger partial charge in [0.15, 0.2) is 22.9 Å². The minimum Gasteiger partial charge on any atom is -0.454 e. The standard InChI is InChI=1S/C24H19BrClFN6O2/c1-29-16-11-15(26)12-17(13-16)35-22-19(25)6-5-14(21(22)27)10-20-18-4-3-8-30-23(18)33(31-20)24(34)32(2)9-7-28/h3-6,8,11-13H,7,9-10,28H2,2H3. The number of nitrogens with zero attached hydrogens (tertiary/aromatic N) is 5.